The van der Waals surface area contributed by atoms with Gasteiger partial charge in [0.15, 0.2) is 0 Å². The number of anilines is 1. The van der Waals surface area contributed by atoms with Gasteiger partial charge in [-0.1, -0.05) is 12.1 Å². The average molecular weight is 312 g/mol. The summed E-state index contributed by atoms with van der Waals surface area (Å²) in [6.45, 7) is 7.79. The summed E-state index contributed by atoms with van der Waals surface area (Å²) in [5.41, 5.74) is 4.32. The molecule has 23 heavy (non-hydrogen) atoms. The minimum atomic E-state index is -0.0231. The molecule has 0 saturated carbocycles. The lowest BCUT2D eigenvalue weighted by atomic mass is 10.1. The van der Waals surface area contributed by atoms with Crippen molar-refractivity contribution in [2.24, 2.45) is 0 Å². The fourth-order valence-electron chi connectivity index (χ4n) is 3.28. The molecule has 1 unspecified atom stereocenters. The van der Waals surface area contributed by atoms with E-state index in [0.29, 0.717) is 0 Å². The molecule has 5 heteroatoms. The smallest absolute Gasteiger partial charge is 0.316 e. The Morgan fingerprint density at radius 2 is 2.17 bits per heavy atom. The number of aryl methyl sites for hydroxylation is 2. The molecule has 3 rings (SSSR count). The second kappa shape index (κ2) is 6.44. The van der Waals surface area contributed by atoms with Crippen molar-refractivity contribution in [2.45, 2.75) is 46.2 Å². The van der Waals surface area contributed by atoms with Crippen molar-refractivity contribution < 1.29 is 4.79 Å². The molecule has 2 heterocycles. The van der Waals surface area contributed by atoms with Crippen molar-refractivity contribution >= 4 is 11.7 Å². The van der Waals surface area contributed by atoms with Crippen LogP contribution in [0.5, 0.6) is 0 Å². The molecular weight excluding hydrogens is 288 g/mol. The van der Waals surface area contributed by atoms with Gasteiger partial charge in [-0.2, -0.15) is 5.10 Å². The summed E-state index contributed by atoms with van der Waals surface area (Å²) in [6, 6.07) is 8.11. The van der Waals surface area contributed by atoms with E-state index < -0.39 is 0 Å². The number of carbonyl (C=O) groups is 1. The van der Waals surface area contributed by atoms with Gasteiger partial charge in [-0.25, -0.2) is 4.79 Å². The lowest BCUT2D eigenvalue weighted by Gasteiger charge is -2.26. The van der Waals surface area contributed by atoms with E-state index in [-0.39, 0.29) is 12.1 Å². The molecule has 0 aliphatic carbocycles. The van der Waals surface area contributed by atoms with Crippen LogP contribution in [0.15, 0.2) is 30.5 Å². The maximum Gasteiger partial charge on any atom is 0.322 e. The predicted molar refractivity (Wildman–Crippen MR) is 91.5 cm³/mol. The van der Waals surface area contributed by atoms with E-state index in [1.807, 2.05) is 40.9 Å². The molecule has 1 aliphatic rings. The van der Waals surface area contributed by atoms with E-state index in [0.717, 1.165) is 42.9 Å². The van der Waals surface area contributed by atoms with Crippen molar-refractivity contribution in [1.29, 1.82) is 0 Å². The van der Waals surface area contributed by atoms with Crippen molar-refractivity contribution in [3.8, 4) is 0 Å². The van der Waals surface area contributed by atoms with Crippen LogP contribution in [0.4, 0.5) is 10.5 Å². The molecule has 1 fully saturated rings. The van der Waals surface area contributed by atoms with Crippen LogP contribution in [-0.2, 0) is 6.54 Å². The van der Waals surface area contributed by atoms with E-state index in [9.17, 15) is 4.79 Å². The maximum absolute atomic E-state index is 12.8. The highest BCUT2D eigenvalue weighted by Gasteiger charge is 2.32. The van der Waals surface area contributed by atoms with Crippen molar-refractivity contribution in [3.05, 3.63) is 47.3 Å². The highest BCUT2D eigenvalue weighted by atomic mass is 16.2. The number of aromatic nitrogens is 2. The zero-order valence-corrected chi connectivity index (χ0v) is 14.0. The van der Waals surface area contributed by atoms with Gasteiger partial charge < -0.3 is 10.2 Å². The Morgan fingerprint density at radius 3 is 2.96 bits per heavy atom. The van der Waals surface area contributed by atoms with Crippen LogP contribution in [0, 0.1) is 13.8 Å². The zero-order chi connectivity index (χ0) is 16.4. The van der Waals surface area contributed by atoms with Crippen LogP contribution in [0.25, 0.3) is 0 Å². The summed E-state index contributed by atoms with van der Waals surface area (Å²) in [6.07, 6.45) is 3.84. The number of nitrogens with zero attached hydrogens (tertiary/aromatic N) is 3. The summed E-state index contributed by atoms with van der Waals surface area (Å²) >= 11 is 0. The molecular formula is C18H24N4O. The summed E-state index contributed by atoms with van der Waals surface area (Å²) in [7, 11) is 0. The number of hydrogen-bond acceptors (Lipinski definition) is 2. The molecule has 1 aliphatic heterocycles. The van der Waals surface area contributed by atoms with E-state index >= 15 is 0 Å². The minimum absolute atomic E-state index is 0.0231. The molecule has 1 N–H and O–H groups in total. The van der Waals surface area contributed by atoms with Gasteiger partial charge >= 0.3 is 6.03 Å². The number of benzene rings is 1. The number of urea groups is 1. The largest absolute Gasteiger partial charge is 0.322 e. The highest BCUT2D eigenvalue weighted by Crippen LogP contribution is 2.32. The molecule has 1 aromatic heterocycles. The lowest BCUT2D eigenvalue weighted by Crippen LogP contribution is -2.35. The van der Waals surface area contributed by atoms with Crippen molar-refractivity contribution in [3.63, 3.8) is 0 Å². The van der Waals surface area contributed by atoms with Crippen LogP contribution >= 0.6 is 0 Å². The number of nitrogens with one attached hydrogen (secondary N) is 1. The van der Waals surface area contributed by atoms with Gasteiger partial charge in [0.2, 0.25) is 0 Å². The van der Waals surface area contributed by atoms with Gasteiger partial charge in [0.1, 0.15) is 0 Å². The summed E-state index contributed by atoms with van der Waals surface area (Å²) in [4.78, 5) is 14.7. The molecule has 0 radical (unpaired) electrons. The number of likely N-dealkylation sites (tertiary alicyclic amines) is 1. The van der Waals surface area contributed by atoms with Gasteiger partial charge in [0, 0.05) is 25.0 Å². The quantitative estimate of drug-likeness (QED) is 0.934. The normalized spacial score (nSPS) is 17.5. The minimum Gasteiger partial charge on any atom is -0.316 e. The number of rotatable bonds is 3. The standard InChI is InChI=1S/C18H24N4O/c1-4-22-17(10-11-19-22)16-9-6-12-21(16)18(23)20-15-8-5-7-13(2)14(15)3/h5,7-8,10-11,16H,4,6,9,12H2,1-3H3,(H,20,23). The summed E-state index contributed by atoms with van der Waals surface area (Å²) in [5, 5.41) is 7.42. The molecule has 1 saturated heterocycles. The second-order valence-electron chi connectivity index (χ2n) is 6.10. The topological polar surface area (TPSA) is 50.2 Å². The molecule has 2 amide bonds. The van der Waals surface area contributed by atoms with Crippen molar-refractivity contribution in [2.75, 3.05) is 11.9 Å². The molecule has 122 valence electrons. The van der Waals surface area contributed by atoms with Gasteiger partial charge in [-0.05, 0) is 56.9 Å². The first-order valence-corrected chi connectivity index (χ1v) is 8.27. The molecule has 1 atom stereocenters. The molecule has 0 bridgehead atoms. The van der Waals surface area contributed by atoms with Crippen LogP contribution < -0.4 is 5.32 Å². The first-order chi connectivity index (χ1) is 11.1. The average Bonchev–Trinajstić information content (AvgIpc) is 3.19. The zero-order valence-electron chi connectivity index (χ0n) is 14.0. The first-order valence-electron chi connectivity index (χ1n) is 8.27. The fourth-order valence-corrected chi connectivity index (χ4v) is 3.28. The molecule has 1 aromatic carbocycles. The van der Waals surface area contributed by atoms with Crippen LogP contribution in [0.2, 0.25) is 0 Å². The van der Waals surface area contributed by atoms with E-state index in [1.165, 1.54) is 5.56 Å². The summed E-state index contributed by atoms with van der Waals surface area (Å²) < 4.78 is 1.98. The lowest BCUT2D eigenvalue weighted by molar-refractivity contribution is 0.204. The predicted octanol–water partition coefficient (Wildman–Crippen LogP) is 3.89. The number of amides is 2. The van der Waals surface area contributed by atoms with Gasteiger partial charge in [-0.15, -0.1) is 0 Å². The molecule has 5 nitrogen and oxygen atoms in total. The summed E-state index contributed by atoms with van der Waals surface area (Å²) in [5.74, 6) is 0. The van der Waals surface area contributed by atoms with Gasteiger partial charge in [0.25, 0.3) is 0 Å². The number of hydrogen-bond donors (Lipinski definition) is 1. The Morgan fingerprint density at radius 1 is 1.35 bits per heavy atom. The Balaban J connectivity index is 1.80. The van der Waals surface area contributed by atoms with E-state index in [1.54, 1.807) is 0 Å². The Labute approximate surface area is 137 Å². The maximum atomic E-state index is 12.8. The fraction of sp³-hybridized carbons (Fsp3) is 0.444. The monoisotopic (exact) mass is 312 g/mol. The SMILES string of the molecule is CCn1nccc1C1CCCN1C(=O)Nc1cccc(C)c1C. The molecule has 2 aromatic rings. The number of carbonyl (C=O) groups excluding carboxylic acids is 1. The van der Waals surface area contributed by atoms with Gasteiger partial charge in [-0.3, -0.25) is 4.68 Å². The Hall–Kier alpha value is -2.30. The van der Waals surface area contributed by atoms with Crippen LogP contribution in [0.3, 0.4) is 0 Å². The highest BCUT2D eigenvalue weighted by molar-refractivity contribution is 5.90. The first kappa shape index (κ1) is 15.6. The van der Waals surface area contributed by atoms with Gasteiger partial charge in [0.05, 0.1) is 11.7 Å². The van der Waals surface area contributed by atoms with Crippen LogP contribution in [0.1, 0.15) is 42.6 Å². The van der Waals surface area contributed by atoms with Crippen LogP contribution in [-0.4, -0.2) is 27.3 Å². The van der Waals surface area contributed by atoms with E-state index in [2.05, 4.69) is 30.3 Å². The van der Waals surface area contributed by atoms with E-state index in [4.69, 9.17) is 0 Å². The third-order valence-corrected chi connectivity index (χ3v) is 4.75. The third kappa shape index (κ3) is 2.96. The van der Waals surface area contributed by atoms with Crippen molar-refractivity contribution in [1.82, 2.24) is 14.7 Å². The Bertz CT molecular complexity index is 707. The Kier molecular flexibility index (Phi) is 4.37. The molecule has 0 spiro atoms. The third-order valence-electron chi connectivity index (χ3n) is 4.75. The second-order valence-corrected chi connectivity index (χ2v) is 6.10.